The van der Waals surface area contributed by atoms with Gasteiger partial charge in [-0.1, -0.05) is 91.0 Å². The van der Waals surface area contributed by atoms with Crippen molar-refractivity contribution in [3.05, 3.63) is 162 Å². The summed E-state index contributed by atoms with van der Waals surface area (Å²) in [4.78, 5) is 0. The van der Waals surface area contributed by atoms with Crippen LogP contribution in [-0.4, -0.2) is 15.3 Å². The largest absolute Gasteiger partial charge is 0.508 e. The summed E-state index contributed by atoms with van der Waals surface area (Å²) in [5.74, 6) is 1.16. The molecule has 6 aromatic carbocycles. The number of hydrogen-bond donors (Lipinski definition) is 5. The average molecular weight is 567 g/mol. The quantitative estimate of drug-likeness (QED) is 0.0841. The number of nitrogen functional groups attached to an aromatic ring is 2. The Balaban J connectivity index is 0.000000315. The number of aromatic hydroxyl groups is 3. The molecule has 212 valence electrons. The van der Waals surface area contributed by atoms with Gasteiger partial charge >= 0.3 is 0 Å². The third-order valence-electron chi connectivity index (χ3n) is 7.70. The number of phenols is 3. The number of benzene rings is 6. The van der Waals surface area contributed by atoms with Gasteiger partial charge in [0.25, 0.3) is 0 Å². The highest BCUT2D eigenvalue weighted by molar-refractivity contribution is 5.86. The molecule has 0 heterocycles. The predicted molar refractivity (Wildman–Crippen MR) is 171 cm³/mol. The Morgan fingerprint density at radius 1 is 0.465 bits per heavy atom. The van der Waals surface area contributed by atoms with E-state index in [9.17, 15) is 5.11 Å². The molecule has 0 aromatic heterocycles. The van der Waals surface area contributed by atoms with Gasteiger partial charge in [0.15, 0.2) is 0 Å². The number of hydrogen-bond acceptors (Lipinski definition) is 6. The van der Waals surface area contributed by atoms with Crippen LogP contribution < -0.4 is 16.2 Å². The van der Waals surface area contributed by atoms with Crippen molar-refractivity contribution in [2.45, 2.75) is 5.41 Å². The molecule has 0 saturated heterocycles. The van der Waals surface area contributed by atoms with Gasteiger partial charge in [0.2, 0.25) is 0 Å². The number of fused-ring (bicyclic) bond motifs is 3. The zero-order valence-corrected chi connectivity index (χ0v) is 23.2. The minimum absolute atomic E-state index is 0.0105. The maximum Gasteiger partial charge on any atom is 0.142 e. The number of nitrogens with two attached hydrogens (primary N) is 2. The van der Waals surface area contributed by atoms with E-state index in [1.807, 2.05) is 12.1 Å². The first-order valence-electron chi connectivity index (χ1n) is 13.8. The topological polar surface area (TPSA) is 122 Å². The van der Waals surface area contributed by atoms with E-state index in [0.717, 1.165) is 0 Å². The second-order valence-corrected chi connectivity index (χ2v) is 10.3. The Morgan fingerprint density at radius 2 is 0.953 bits per heavy atom. The van der Waals surface area contributed by atoms with Gasteiger partial charge in [0.1, 0.15) is 28.7 Å². The lowest BCUT2D eigenvalue weighted by Crippen LogP contribution is -2.28. The highest BCUT2D eigenvalue weighted by Gasteiger charge is 2.45. The number of phenolic OH excluding ortho intramolecular Hbond substituents is 3. The van der Waals surface area contributed by atoms with E-state index in [0.29, 0.717) is 17.2 Å². The van der Waals surface area contributed by atoms with Crippen molar-refractivity contribution < 1.29 is 20.1 Å². The Hall–Kier alpha value is -5.88. The van der Waals surface area contributed by atoms with Crippen molar-refractivity contribution in [3.8, 4) is 39.9 Å². The summed E-state index contributed by atoms with van der Waals surface area (Å²) in [6.07, 6.45) is 0. The van der Waals surface area contributed by atoms with Crippen LogP contribution in [0.2, 0.25) is 0 Å². The molecule has 0 unspecified atom stereocenters. The molecule has 0 atom stereocenters. The van der Waals surface area contributed by atoms with Gasteiger partial charge in [-0.2, -0.15) is 0 Å². The minimum atomic E-state index is -0.424. The van der Waals surface area contributed by atoms with Gasteiger partial charge in [-0.05, 0) is 69.8 Å². The van der Waals surface area contributed by atoms with Crippen LogP contribution >= 0.6 is 0 Å². The molecule has 0 bridgehead atoms. The van der Waals surface area contributed by atoms with Crippen molar-refractivity contribution in [1.29, 1.82) is 0 Å². The zero-order chi connectivity index (χ0) is 30.0. The summed E-state index contributed by atoms with van der Waals surface area (Å²) in [6.45, 7) is 0. The summed E-state index contributed by atoms with van der Waals surface area (Å²) in [5.41, 5.74) is 18.6. The van der Waals surface area contributed by atoms with Crippen LogP contribution in [0.5, 0.6) is 28.7 Å². The first-order valence-corrected chi connectivity index (χ1v) is 13.8. The summed E-state index contributed by atoms with van der Waals surface area (Å²) in [6, 6.07) is 45.2. The first-order chi connectivity index (χ1) is 20.9. The molecule has 0 saturated carbocycles. The number of rotatable bonds is 4. The fourth-order valence-corrected chi connectivity index (χ4v) is 5.74. The fourth-order valence-electron chi connectivity index (χ4n) is 5.74. The van der Waals surface area contributed by atoms with Crippen molar-refractivity contribution in [3.63, 3.8) is 0 Å². The maximum absolute atomic E-state index is 9.91. The lowest BCUT2D eigenvalue weighted by molar-refractivity contribution is 0.452. The van der Waals surface area contributed by atoms with E-state index in [-0.39, 0.29) is 22.9 Å². The molecular formula is C37H30N2O4. The maximum atomic E-state index is 9.91. The lowest BCUT2D eigenvalue weighted by atomic mass is 9.68. The Bertz CT molecular complexity index is 1860. The van der Waals surface area contributed by atoms with Crippen LogP contribution in [0.1, 0.15) is 22.3 Å². The van der Waals surface area contributed by atoms with Crippen molar-refractivity contribution in [2.75, 3.05) is 11.5 Å². The van der Waals surface area contributed by atoms with Crippen molar-refractivity contribution in [1.82, 2.24) is 0 Å². The summed E-state index contributed by atoms with van der Waals surface area (Å²) in [7, 11) is 0. The summed E-state index contributed by atoms with van der Waals surface area (Å²) in [5, 5.41) is 27.4. The van der Waals surface area contributed by atoms with Crippen molar-refractivity contribution in [2.24, 2.45) is 0 Å². The highest BCUT2D eigenvalue weighted by Crippen LogP contribution is 2.56. The third kappa shape index (κ3) is 4.96. The zero-order valence-electron chi connectivity index (χ0n) is 23.2. The molecule has 1 aliphatic carbocycles. The van der Waals surface area contributed by atoms with Gasteiger partial charge in [-0.25, -0.2) is 0 Å². The molecule has 7 rings (SSSR count). The van der Waals surface area contributed by atoms with Gasteiger partial charge in [0, 0.05) is 12.1 Å². The van der Waals surface area contributed by atoms with Gasteiger partial charge in [-0.15, -0.1) is 0 Å². The van der Waals surface area contributed by atoms with Crippen LogP contribution in [0.4, 0.5) is 11.4 Å². The molecule has 6 nitrogen and oxygen atoms in total. The van der Waals surface area contributed by atoms with E-state index >= 15 is 0 Å². The van der Waals surface area contributed by atoms with E-state index in [1.54, 1.807) is 12.1 Å². The lowest BCUT2D eigenvalue weighted by Gasteiger charge is -2.33. The second kappa shape index (κ2) is 11.2. The Kier molecular flexibility index (Phi) is 7.10. The van der Waals surface area contributed by atoms with Crippen LogP contribution in [0.25, 0.3) is 11.1 Å². The van der Waals surface area contributed by atoms with Crippen molar-refractivity contribution >= 4 is 11.4 Å². The van der Waals surface area contributed by atoms with Crippen LogP contribution in [0, 0.1) is 0 Å². The second-order valence-electron chi connectivity index (χ2n) is 10.3. The van der Waals surface area contributed by atoms with Gasteiger partial charge in [0.05, 0.1) is 16.8 Å². The van der Waals surface area contributed by atoms with Gasteiger partial charge in [-0.3, -0.25) is 0 Å². The molecular weight excluding hydrogens is 536 g/mol. The molecule has 0 spiro atoms. The van der Waals surface area contributed by atoms with Gasteiger partial charge < -0.3 is 31.5 Å². The van der Waals surface area contributed by atoms with E-state index < -0.39 is 5.41 Å². The normalized spacial score (nSPS) is 12.4. The van der Waals surface area contributed by atoms with Crippen LogP contribution in [0.3, 0.4) is 0 Å². The monoisotopic (exact) mass is 566 g/mol. The molecule has 6 heteroatoms. The molecule has 7 N–H and O–H groups in total. The molecule has 1 aliphatic rings. The molecule has 0 amide bonds. The number of ether oxygens (including phenoxy) is 1. The van der Waals surface area contributed by atoms with Crippen LogP contribution in [-0.2, 0) is 5.41 Å². The van der Waals surface area contributed by atoms with E-state index in [1.165, 1.54) is 57.6 Å². The molecule has 0 aliphatic heterocycles. The van der Waals surface area contributed by atoms with E-state index in [2.05, 4.69) is 91.0 Å². The Labute approximate surface area is 249 Å². The predicted octanol–water partition coefficient (Wildman–Crippen LogP) is 7.81. The smallest absolute Gasteiger partial charge is 0.142 e. The summed E-state index contributed by atoms with van der Waals surface area (Å²) < 4.78 is 5.99. The average Bonchev–Trinajstić information content (AvgIpc) is 3.33. The Morgan fingerprint density at radius 3 is 1.51 bits per heavy atom. The number of anilines is 2. The molecule has 43 heavy (non-hydrogen) atoms. The highest BCUT2D eigenvalue weighted by atomic mass is 16.5. The molecule has 0 fully saturated rings. The van der Waals surface area contributed by atoms with E-state index in [4.69, 9.17) is 26.4 Å². The standard InChI is InChI=1S/C31H23NO2.C6H7NO2/c32-29-19-18-24(20-30(29)33)34-23-16-14-22(15-17-23)31(21-8-2-1-3-9-21)27-12-6-4-10-25(27)26-11-5-7-13-28(26)31;7-5-2-1-4(8)3-6(5)9/h1-20,33H,32H2;1-3,8-9H,7H2. The first kappa shape index (κ1) is 27.3. The molecule has 6 aromatic rings. The minimum Gasteiger partial charge on any atom is -0.508 e. The summed E-state index contributed by atoms with van der Waals surface area (Å²) >= 11 is 0. The molecule has 0 radical (unpaired) electrons. The third-order valence-corrected chi connectivity index (χ3v) is 7.70. The SMILES string of the molecule is Nc1ccc(O)cc1O.Nc1ccc(Oc2ccc(C3(c4ccccc4)c4ccccc4-c4ccccc43)cc2)cc1O. The fraction of sp³-hybridized carbons (Fsp3) is 0.0270. The van der Waals surface area contributed by atoms with Crippen LogP contribution in [0.15, 0.2) is 140 Å².